The van der Waals surface area contributed by atoms with Crippen LogP contribution in [0.1, 0.15) is 35.4 Å². The van der Waals surface area contributed by atoms with Gasteiger partial charge < -0.3 is 15.0 Å². The number of nitrogens with zero attached hydrogens (tertiary/aromatic N) is 2. The van der Waals surface area contributed by atoms with Gasteiger partial charge >= 0.3 is 0 Å². The lowest BCUT2D eigenvalue weighted by molar-refractivity contribution is 0.0850. The fraction of sp³-hybridized carbons (Fsp3) is 0.368. The largest absolute Gasteiger partial charge is 0.484 e. The number of ketones is 1. The highest BCUT2D eigenvalue weighted by Crippen LogP contribution is 2.36. The maximum atomic E-state index is 12.6. The van der Waals surface area contributed by atoms with Crippen LogP contribution in [0.4, 0.5) is 5.69 Å². The molecule has 1 fully saturated rings. The van der Waals surface area contributed by atoms with Crippen molar-refractivity contribution in [2.24, 2.45) is 0 Å². The van der Waals surface area contributed by atoms with Gasteiger partial charge in [-0.3, -0.25) is 9.78 Å². The van der Waals surface area contributed by atoms with E-state index in [1.54, 1.807) is 12.4 Å². The molecule has 2 aliphatic heterocycles. The van der Waals surface area contributed by atoms with Crippen LogP contribution in [-0.2, 0) is 0 Å². The van der Waals surface area contributed by atoms with Gasteiger partial charge in [0.15, 0.2) is 5.78 Å². The zero-order valence-electron chi connectivity index (χ0n) is 13.7. The zero-order chi connectivity index (χ0) is 16.5. The van der Waals surface area contributed by atoms with Crippen molar-refractivity contribution in [3.8, 4) is 5.75 Å². The van der Waals surface area contributed by atoms with Crippen LogP contribution >= 0.6 is 0 Å². The lowest BCUT2D eigenvalue weighted by Crippen LogP contribution is -2.49. The Balaban J connectivity index is 1.60. The summed E-state index contributed by atoms with van der Waals surface area (Å²) < 4.78 is 6.06. The number of hydrogen-bond donors (Lipinski definition) is 1. The van der Waals surface area contributed by atoms with E-state index >= 15 is 0 Å². The maximum absolute atomic E-state index is 12.6. The molecule has 0 radical (unpaired) electrons. The van der Waals surface area contributed by atoms with E-state index in [9.17, 15) is 4.79 Å². The number of carbonyl (C=O) groups excluding carboxylic acids is 1. The van der Waals surface area contributed by atoms with Crippen LogP contribution in [0.2, 0.25) is 0 Å². The van der Waals surface area contributed by atoms with E-state index in [1.165, 1.54) is 0 Å². The fourth-order valence-corrected chi connectivity index (χ4v) is 3.43. The first-order valence-electron chi connectivity index (χ1n) is 8.43. The number of nitrogens with one attached hydrogen (secondary N) is 1. The first-order chi connectivity index (χ1) is 11.7. The number of ether oxygens (including phenoxy) is 1. The molecule has 124 valence electrons. The van der Waals surface area contributed by atoms with Gasteiger partial charge in [0, 0.05) is 49.3 Å². The zero-order valence-corrected chi connectivity index (χ0v) is 13.7. The summed E-state index contributed by atoms with van der Waals surface area (Å²) >= 11 is 0. The number of anilines is 1. The van der Waals surface area contributed by atoms with Crippen molar-refractivity contribution in [1.82, 2.24) is 10.3 Å². The smallest absolute Gasteiger partial charge is 0.170 e. The van der Waals surface area contributed by atoms with Crippen LogP contribution in [0.3, 0.4) is 0 Å². The predicted molar refractivity (Wildman–Crippen MR) is 92.7 cm³/mol. The summed E-state index contributed by atoms with van der Waals surface area (Å²) in [6, 6.07) is 10.2. The predicted octanol–water partition coefficient (Wildman–Crippen LogP) is 2.59. The molecule has 4 rings (SSSR count). The van der Waals surface area contributed by atoms with E-state index in [-0.39, 0.29) is 11.9 Å². The third-order valence-electron chi connectivity index (χ3n) is 4.69. The number of hydrogen-bond acceptors (Lipinski definition) is 5. The number of aromatic nitrogens is 1. The number of carbonyl (C=O) groups is 1. The van der Waals surface area contributed by atoms with Gasteiger partial charge in [0.05, 0.1) is 12.0 Å². The summed E-state index contributed by atoms with van der Waals surface area (Å²) in [6.45, 7) is 5.05. The summed E-state index contributed by atoms with van der Waals surface area (Å²) in [7, 11) is 0. The van der Waals surface area contributed by atoms with Gasteiger partial charge in [-0.15, -0.1) is 0 Å². The van der Waals surface area contributed by atoms with Crippen molar-refractivity contribution in [3.05, 3.63) is 53.9 Å². The van der Waals surface area contributed by atoms with Crippen LogP contribution in [0.25, 0.3) is 0 Å². The second kappa shape index (κ2) is 6.24. The van der Waals surface area contributed by atoms with E-state index in [0.29, 0.717) is 23.8 Å². The molecule has 0 amide bonds. The molecule has 0 spiro atoms. The number of piperazine rings is 1. The van der Waals surface area contributed by atoms with Crippen LogP contribution in [-0.4, -0.2) is 36.4 Å². The summed E-state index contributed by atoms with van der Waals surface area (Å²) in [5, 5.41) is 3.44. The van der Waals surface area contributed by atoms with Gasteiger partial charge in [-0.2, -0.15) is 0 Å². The van der Waals surface area contributed by atoms with E-state index < -0.39 is 0 Å². The first-order valence-corrected chi connectivity index (χ1v) is 8.43. The molecule has 3 heterocycles. The van der Waals surface area contributed by atoms with Gasteiger partial charge in [0.1, 0.15) is 11.9 Å². The summed E-state index contributed by atoms with van der Waals surface area (Å²) in [4.78, 5) is 19.1. The van der Waals surface area contributed by atoms with Gasteiger partial charge in [0.25, 0.3) is 0 Å². The van der Waals surface area contributed by atoms with Crippen molar-refractivity contribution in [2.75, 3.05) is 24.5 Å². The SMILES string of the molecule is C[C@@H]1CN(c2ccc3c(c2)C(=O)CC(c2cccnc2)O3)CCN1. The van der Waals surface area contributed by atoms with Gasteiger partial charge in [-0.05, 0) is 31.2 Å². The van der Waals surface area contributed by atoms with Crippen molar-refractivity contribution in [3.63, 3.8) is 0 Å². The van der Waals surface area contributed by atoms with E-state index in [1.807, 2.05) is 24.3 Å². The average Bonchev–Trinajstić information content (AvgIpc) is 2.62. The molecule has 0 saturated carbocycles. The number of Topliss-reactive ketones (excluding diaryl/α,β-unsaturated/α-hetero) is 1. The van der Waals surface area contributed by atoms with E-state index in [0.717, 1.165) is 30.9 Å². The second-order valence-electron chi connectivity index (χ2n) is 6.50. The molecule has 2 aromatic rings. The highest BCUT2D eigenvalue weighted by molar-refractivity contribution is 6.00. The molecule has 5 nitrogen and oxygen atoms in total. The Morgan fingerprint density at radius 3 is 3.04 bits per heavy atom. The van der Waals surface area contributed by atoms with Crippen molar-refractivity contribution >= 4 is 11.5 Å². The number of benzene rings is 1. The molecule has 2 aliphatic rings. The molecular weight excluding hydrogens is 302 g/mol. The lowest BCUT2D eigenvalue weighted by Gasteiger charge is -2.34. The molecule has 2 atom stereocenters. The fourth-order valence-electron chi connectivity index (χ4n) is 3.43. The van der Waals surface area contributed by atoms with Crippen LogP contribution in [0, 0.1) is 0 Å². The first kappa shape index (κ1) is 15.1. The summed E-state index contributed by atoms with van der Waals surface area (Å²) in [5.74, 6) is 0.808. The molecular formula is C19H21N3O2. The second-order valence-corrected chi connectivity index (χ2v) is 6.50. The van der Waals surface area contributed by atoms with Gasteiger partial charge in [-0.1, -0.05) is 6.07 Å². The lowest BCUT2D eigenvalue weighted by atomic mass is 9.96. The van der Waals surface area contributed by atoms with Crippen molar-refractivity contribution in [1.29, 1.82) is 0 Å². The summed E-state index contributed by atoms with van der Waals surface area (Å²) in [6.07, 6.45) is 3.60. The van der Waals surface area contributed by atoms with E-state index in [4.69, 9.17) is 4.74 Å². The highest BCUT2D eigenvalue weighted by Gasteiger charge is 2.29. The number of pyridine rings is 1. The molecule has 5 heteroatoms. The quantitative estimate of drug-likeness (QED) is 0.920. The third-order valence-corrected chi connectivity index (χ3v) is 4.69. The minimum Gasteiger partial charge on any atom is -0.484 e. The highest BCUT2D eigenvalue weighted by atomic mass is 16.5. The average molecular weight is 323 g/mol. The topological polar surface area (TPSA) is 54.5 Å². The monoisotopic (exact) mass is 323 g/mol. The molecule has 1 unspecified atom stereocenters. The minimum atomic E-state index is -0.247. The third kappa shape index (κ3) is 2.87. The van der Waals surface area contributed by atoms with Crippen LogP contribution < -0.4 is 15.0 Å². The Hall–Kier alpha value is -2.40. The Morgan fingerprint density at radius 1 is 1.33 bits per heavy atom. The molecule has 1 aromatic carbocycles. The standard InChI is InChI=1S/C19H21N3O2/c1-13-12-22(8-7-21-13)15-4-5-18-16(9-15)17(23)10-19(24-18)14-3-2-6-20-11-14/h2-6,9,11,13,19,21H,7-8,10,12H2,1H3/t13-,19?/m1/s1. The molecule has 0 aliphatic carbocycles. The van der Waals surface area contributed by atoms with Gasteiger partial charge in [-0.25, -0.2) is 0 Å². The Labute approximate surface area is 141 Å². The van der Waals surface area contributed by atoms with Crippen molar-refractivity contribution in [2.45, 2.75) is 25.5 Å². The maximum Gasteiger partial charge on any atom is 0.170 e. The van der Waals surface area contributed by atoms with E-state index in [2.05, 4.69) is 28.2 Å². The van der Waals surface area contributed by atoms with Crippen molar-refractivity contribution < 1.29 is 9.53 Å². The number of rotatable bonds is 2. The normalized spacial score (nSPS) is 23.5. The van der Waals surface area contributed by atoms with Crippen LogP contribution in [0.5, 0.6) is 5.75 Å². The number of fused-ring (bicyclic) bond motifs is 1. The molecule has 24 heavy (non-hydrogen) atoms. The molecule has 0 bridgehead atoms. The summed E-state index contributed by atoms with van der Waals surface area (Å²) in [5.41, 5.74) is 2.73. The molecule has 1 saturated heterocycles. The Morgan fingerprint density at radius 2 is 2.25 bits per heavy atom. The van der Waals surface area contributed by atoms with Crippen LogP contribution in [0.15, 0.2) is 42.7 Å². The van der Waals surface area contributed by atoms with Gasteiger partial charge in [0.2, 0.25) is 0 Å². The Kier molecular flexibility index (Phi) is 3.94. The molecule has 1 aromatic heterocycles. The minimum absolute atomic E-state index is 0.134. The molecule has 1 N–H and O–H groups in total. The Bertz CT molecular complexity index is 748.